The molecule has 0 aliphatic carbocycles. The molecule has 1 aliphatic rings. The lowest BCUT2D eigenvalue weighted by molar-refractivity contribution is 0.0434. The smallest absolute Gasteiger partial charge is 0.340 e. The van der Waals surface area contributed by atoms with Crippen molar-refractivity contribution in [3.63, 3.8) is 0 Å². The number of nitriles is 1. The monoisotopic (exact) mass is 402 g/mol. The third-order valence-electron chi connectivity index (χ3n) is 3.23. The molecule has 1 aromatic carbocycles. The lowest BCUT2D eigenvalue weighted by Crippen LogP contribution is -2.40. The van der Waals surface area contributed by atoms with Crippen molar-refractivity contribution in [1.29, 1.82) is 5.26 Å². The Morgan fingerprint density at radius 2 is 2.09 bits per heavy atom. The van der Waals surface area contributed by atoms with Crippen molar-refractivity contribution >= 4 is 31.9 Å². The molecule has 0 N–H and O–H groups in total. The number of sulfonamides is 1. The van der Waals surface area contributed by atoms with Gasteiger partial charge in [-0.15, -0.1) is 0 Å². The second-order valence-electron chi connectivity index (χ2n) is 4.83. The molecule has 1 saturated heterocycles. The van der Waals surface area contributed by atoms with Gasteiger partial charge in [0.1, 0.15) is 6.07 Å². The van der Waals surface area contributed by atoms with Crippen molar-refractivity contribution in [2.45, 2.75) is 17.9 Å². The number of morpholine rings is 1. The van der Waals surface area contributed by atoms with E-state index >= 15 is 0 Å². The van der Waals surface area contributed by atoms with E-state index < -0.39 is 22.1 Å². The lowest BCUT2D eigenvalue weighted by atomic mass is 10.2. The zero-order valence-electron chi connectivity index (χ0n) is 12.4. The van der Waals surface area contributed by atoms with E-state index in [0.29, 0.717) is 17.7 Å². The maximum atomic E-state index is 12.6. The van der Waals surface area contributed by atoms with Crippen molar-refractivity contribution in [2.24, 2.45) is 0 Å². The molecule has 0 amide bonds. The van der Waals surface area contributed by atoms with E-state index in [1.807, 2.05) is 0 Å². The minimum Gasteiger partial charge on any atom is -0.444 e. The number of hydrogen-bond donors (Lipinski definition) is 0. The predicted octanol–water partition coefficient (Wildman–Crippen LogP) is 1.54. The fourth-order valence-electron chi connectivity index (χ4n) is 2.01. The van der Waals surface area contributed by atoms with Crippen LogP contribution in [-0.4, -0.2) is 51.1 Å². The van der Waals surface area contributed by atoms with Gasteiger partial charge in [-0.25, -0.2) is 13.2 Å². The summed E-state index contributed by atoms with van der Waals surface area (Å²) in [5.74, 6) is -0.759. The van der Waals surface area contributed by atoms with Gasteiger partial charge in [-0.3, -0.25) is 0 Å². The Hall–Kier alpha value is -1.47. The van der Waals surface area contributed by atoms with Gasteiger partial charge in [-0.1, -0.05) is 0 Å². The molecule has 124 valence electrons. The van der Waals surface area contributed by atoms with Crippen LogP contribution in [0.3, 0.4) is 0 Å². The van der Waals surface area contributed by atoms with Gasteiger partial charge in [0.05, 0.1) is 23.7 Å². The van der Waals surface area contributed by atoms with Crippen molar-refractivity contribution < 1.29 is 22.7 Å². The van der Waals surface area contributed by atoms with E-state index in [1.165, 1.54) is 29.4 Å². The van der Waals surface area contributed by atoms with Crippen LogP contribution in [0.5, 0.6) is 0 Å². The van der Waals surface area contributed by atoms with Gasteiger partial charge in [-0.2, -0.15) is 9.57 Å². The molecule has 0 saturated carbocycles. The Morgan fingerprint density at radius 1 is 1.43 bits per heavy atom. The number of halogens is 1. The molecule has 1 aromatic rings. The summed E-state index contributed by atoms with van der Waals surface area (Å²) in [5, 5.41) is 8.70. The molecule has 9 heteroatoms. The maximum absolute atomic E-state index is 12.6. The first-order valence-corrected chi connectivity index (χ1v) is 9.07. The summed E-state index contributed by atoms with van der Waals surface area (Å²) in [6, 6.07) is 5.92. The Bertz CT molecular complexity index is 738. The van der Waals surface area contributed by atoms with Crippen molar-refractivity contribution in [3.8, 4) is 6.07 Å². The Labute approximate surface area is 143 Å². The molecule has 1 aliphatic heterocycles. The molecule has 1 heterocycles. The molecule has 0 unspecified atom stereocenters. The number of benzene rings is 1. The second-order valence-corrected chi connectivity index (χ2v) is 7.63. The number of hydrogen-bond acceptors (Lipinski definition) is 6. The largest absolute Gasteiger partial charge is 0.444 e. The van der Waals surface area contributed by atoms with Gasteiger partial charge in [0.2, 0.25) is 10.0 Å². The number of nitrogens with zero attached hydrogens (tertiary/aromatic N) is 2. The highest BCUT2D eigenvalue weighted by Crippen LogP contribution is 2.25. The molecule has 0 bridgehead atoms. The number of ether oxygens (including phenoxy) is 2. The van der Waals surface area contributed by atoms with Crippen LogP contribution in [0.25, 0.3) is 0 Å². The average Bonchev–Trinajstić information content (AvgIpc) is 2.55. The Morgan fingerprint density at radius 3 is 2.70 bits per heavy atom. The van der Waals surface area contributed by atoms with Gasteiger partial charge < -0.3 is 9.47 Å². The van der Waals surface area contributed by atoms with Crippen LogP contribution < -0.4 is 0 Å². The molecule has 1 fully saturated rings. The first kappa shape index (κ1) is 17.9. The normalized spacial score (nSPS) is 17.3. The molecule has 0 radical (unpaired) electrons. The molecular weight excluding hydrogens is 388 g/mol. The van der Waals surface area contributed by atoms with Crippen LogP contribution in [0.4, 0.5) is 0 Å². The molecule has 2 rings (SSSR count). The van der Waals surface area contributed by atoms with E-state index in [1.54, 1.807) is 6.07 Å². The number of carbonyl (C=O) groups excluding carboxylic acids is 1. The minimum absolute atomic E-state index is 0.000777. The fourth-order valence-corrected chi connectivity index (χ4v) is 3.85. The third-order valence-corrected chi connectivity index (χ3v) is 5.82. The lowest BCUT2D eigenvalue weighted by Gasteiger charge is -2.26. The SMILES string of the molecule is C[C@@H](C#N)OC(=O)c1cc(S(=O)(=O)N2CCOCC2)ccc1Br. The highest BCUT2D eigenvalue weighted by Gasteiger charge is 2.28. The summed E-state index contributed by atoms with van der Waals surface area (Å²) in [5.41, 5.74) is 0.0569. The number of esters is 1. The summed E-state index contributed by atoms with van der Waals surface area (Å²) in [4.78, 5) is 12.1. The van der Waals surface area contributed by atoms with Crippen molar-refractivity contribution in [3.05, 3.63) is 28.2 Å². The molecule has 23 heavy (non-hydrogen) atoms. The van der Waals surface area contributed by atoms with Gasteiger partial charge in [-0.05, 0) is 41.1 Å². The topological polar surface area (TPSA) is 96.7 Å². The van der Waals surface area contributed by atoms with Crippen LogP contribution in [0.15, 0.2) is 27.6 Å². The highest BCUT2D eigenvalue weighted by atomic mass is 79.9. The van der Waals surface area contributed by atoms with Crippen molar-refractivity contribution in [2.75, 3.05) is 26.3 Å². The van der Waals surface area contributed by atoms with Crippen LogP contribution in [0, 0.1) is 11.3 Å². The van der Waals surface area contributed by atoms with E-state index in [2.05, 4.69) is 15.9 Å². The summed E-state index contributed by atoms with van der Waals surface area (Å²) in [6.07, 6.45) is -0.922. The van der Waals surface area contributed by atoms with E-state index in [0.717, 1.165) is 0 Å². The fraction of sp³-hybridized carbons (Fsp3) is 0.429. The molecule has 0 spiro atoms. The summed E-state index contributed by atoms with van der Waals surface area (Å²) in [7, 11) is -3.71. The number of carbonyl (C=O) groups is 1. The minimum atomic E-state index is -3.71. The van der Waals surface area contributed by atoms with E-state index in [-0.39, 0.29) is 23.5 Å². The van der Waals surface area contributed by atoms with Crippen LogP contribution >= 0.6 is 15.9 Å². The second kappa shape index (κ2) is 7.40. The zero-order valence-corrected chi connectivity index (χ0v) is 14.8. The van der Waals surface area contributed by atoms with Gasteiger partial charge >= 0.3 is 5.97 Å². The molecule has 0 aromatic heterocycles. The first-order chi connectivity index (χ1) is 10.9. The summed E-state index contributed by atoms with van der Waals surface area (Å²) in [6.45, 7) is 2.64. The summed E-state index contributed by atoms with van der Waals surface area (Å²) < 4.78 is 37.0. The van der Waals surface area contributed by atoms with Crippen LogP contribution in [0.1, 0.15) is 17.3 Å². The Kier molecular flexibility index (Phi) is 5.75. The van der Waals surface area contributed by atoms with Gasteiger partial charge in [0.15, 0.2) is 6.10 Å². The maximum Gasteiger partial charge on any atom is 0.340 e. The van der Waals surface area contributed by atoms with Crippen molar-refractivity contribution in [1.82, 2.24) is 4.31 Å². The first-order valence-electron chi connectivity index (χ1n) is 6.84. The number of rotatable bonds is 4. The van der Waals surface area contributed by atoms with Gasteiger partial charge in [0.25, 0.3) is 0 Å². The van der Waals surface area contributed by atoms with Crippen LogP contribution in [0.2, 0.25) is 0 Å². The zero-order chi connectivity index (χ0) is 17.0. The van der Waals surface area contributed by atoms with E-state index in [4.69, 9.17) is 14.7 Å². The van der Waals surface area contributed by atoms with Gasteiger partial charge in [0, 0.05) is 17.6 Å². The van der Waals surface area contributed by atoms with E-state index in [9.17, 15) is 13.2 Å². The van der Waals surface area contributed by atoms with Crippen LogP contribution in [-0.2, 0) is 19.5 Å². The highest BCUT2D eigenvalue weighted by molar-refractivity contribution is 9.10. The molecule has 1 atom stereocenters. The average molecular weight is 403 g/mol. The molecule has 7 nitrogen and oxygen atoms in total. The Balaban J connectivity index is 2.33. The standard InChI is InChI=1S/C14H15BrN2O5S/c1-10(9-16)22-14(18)12-8-11(2-3-13(12)15)23(19,20)17-4-6-21-7-5-17/h2-3,8,10H,4-7H2,1H3/t10-/m0/s1. The predicted molar refractivity (Wildman–Crippen MR) is 84.2 cm³/mol. The third kappa shape index (κ3) is 4.09. The quantitative estimate of drug-likeness (QED) is 0.708. The summed E-state index contributed by atoms with van der Waals surface area (Å²) >= 11 is 3.19. The molecular formula is C14H15BrN2O5S.